The lowest BCUT2D eigenvalue weighted by atomic mass is 9.97. The fraction of sp³-hybridized carbons (Fsp3) is 0.632. The fourth-order valence-corrected chi connectivity index (χ4v) is 6.23. The number of piperidine rings is 1. The standard InChI is InChI=1S/C19H25N3O2S2/c1-12-7-5-6-10-22(12)15(23)11-25-19-20-17-16(18(24)21(19)2)13-8-3-4-9-14(13)26-17/h12H,3-11H2,1-2H3/t12-/m0/s1. The molecule has 2 aliphatic rings. The van der Waals surface area contributed by atoms with Gasteiger partial charge in [0.05, 0.1) is 11.1 Å². The predicted octanol–water partition coefficient (Wildman–Crippen LogP) is 3.37. The van der Waals surface area contributed by atoms with Gasteiger partial charge in [0.2, 0.25) is 5.91 Å². The van der Waals surface area contributed by atoms with E-state index in [4.69, 9.17) is 4.98 Å². The van der Waals surface area contributed by atoms with Crippen molar-refractivity contribution < 1.29 is 4.79 Å². The van der Waals surface area contributed by atoms with Crippen molar-refractivity contribution in [3.63, 3.8) is 0 Å². The molecular weight excluding hydrogens is 366 g/mol. The Balaban J connectivity index is 1.58. The zero-order valence-electron chi connectivity index (χ0n) is 15.4. The number of carbonyl (C=O) groups excluding carboxylic acids is 1. The molecule has 2 aromatic rings. The normalized spacial score (nSPS) is 20.4. The molecule has 0 spiro atoms. The molecule has 1 aliphatic carbocycles. The Morgan fingerprint density at radius 3 is 2.88 bits per heavy atom. The summed E-state index contributed by atoms with van der Waals surface area (Å²) in [5, 5.41) is 1.46. The molecule has 4 rings (SSSR count). The van der Waals surface area contributed by atoms with Crippen molar-refractivity contribution in [2.24, 2.45) is 7.05 Å². The van der Waals surface area contributed by atoms with Gasteiger partial charge in [0.25, 0.3) is 5.56 Å². The number of likely N-dealkylation sites (tertiary alicyclic amines) is 1. The monoisotopic (exact) mass is 391 g/mol. The molecule has 0 aromatic carbocycles. The molecule has 1 fully saturated rings. The summed E-state index contributed by atoms with van der Waals surface area (Å²) in [6.45, 7) is 2.97. The van der Waals surface area contributed by atoms with Crippen LogP contribution < -0.4 is 5.56 Å². The minimum atomic E-state index is 0.0377. The Labute approximate surface area is 161 Å². The Kier molecular flexibility index (Phi) is 5.10. The first-order valence-corrected chi connectivity index (χ1v) is 11.3. The Bertz CT molecular complexity index is 902. The molecule has 1 saturated heterocycles. The lowest BCUT2D eigenvalue weighted by Crippen LogP contribution is -2.43. The molecule has 0 radical (unpaired) electrons. The van der Waals surface area contributed by atoms with Crippen molar-refractivity contribution in [3.05, 3.63) is 20.8 Å². The van der Waals surface area contributed by atoms with Crippen LogP contribution in [0.2, 0.25) is 0 Å². The molecule has 26 heavy (non-hydrogen) atoms. The van der Waals surface area contributed by atoms with E-state index in [2.05, 4.69) is 6.92 Å². The highest BCUT2D eigenvalue weighted by Crippen LogP contribution is 2.34. The summed E-state index contributed by atoms with van der Waals surface area (Å²) < 4.78 is 1.63. The SMILES string of the molecule is C[C@H]1CCCCN1C(=O)CSc1nc2sc3c(c2c(=O)n1C)CCCC3. The smallest absolute Gasteiger partial charge is 0.262 e. The third kappa shape index (κ3) is 3.20. The van der Waals surface area contributed by atoms with Crippen LogP contribution in [0.25, 0.3) is 10.2 Å². The Morgan fingerprint density at radius 2 is 2.08 bits per heavy atom. The summed E-state index contributed by atoms with van der Waals surface area (Å²) in [7, 11) is 1.78. The number of hydrogen-bond acceptors (Lipinski definition) is 5. The Morgan fingerprint density at radius 1 is 1.27 bits per heavy atom. The maximum atomic E-state index is 12.9. The van der Waals surface area contributed by atoms with E-state index in [0.717, 1.165) is 48.9 Å². The largest absolute Gasteiger partial charge is 0.339 e. The lowest BCUT2D eigenvalue weighted by Gasteiger charge is -2.33. The van der Waals surface area contributed by atoms with Crippen molar-refractivity contribution in [1.82, 2.24) is 14.5 Å². The zero-order chi connectivity index (χ0) is 18.3. The zero-order valence-corrected chi connectivity index (χ0v) is 17.0. The van der Waals surface area contributed by atoms with E-state index < -0.39 is 0 Å². The highest BCUT2D eigenvalue weighted by molar-refractivity contribution is 7.99. The average molecular weight is 392 g/mol. The van der Waals surface area contributed by atoms with Crippen LogP contribution in [-0.4, -0.2) is 38.7 Å². The number of amides is 1. The summed E-state index contributed by atoms with van der Waals surface area (Å²) >= 11 is 3.06. The second-order valence-corrected chi connectivity index (χ2v) is 9.40. The number of fused-ring (bicyclic) bond motifs is 3. The quantitative estimate of drug-likeness (QED) is 0.595. The van der Waals surface area contributed by atoms with Crippen LogP contribution in [0.1, 0.15) is 49.5 Å². The van der Waals surface area contributed by atoms with Crippen LogP contribution in [0.15, 0.2) is 9.95 Å². The minimum Gasteiger partial charge on any atom is -0.339 e. The Hall–Kier alpha value is -1.34. The highest BCUT2D eigenvalue weighted by atomic mass is 32.2. The van der Waals surface area contributed by atoms with Crippen LogP contribution in [-0.2, 0) is 24.7 Å². The molecule has 0 bridgehead atoms. The van der Waals surface area contributed by atoms with Gasteiger partial charge in [0.15, 0.2) is 5.16 Å². The van der Waals surface area contributed by atoms with E-state index in [9.17, 15) is 9.59 Å². The van der Waals surface area contributed by atoms with Gasteiger partial charge in [-0.25, -0.2) is 4.98 Å². The van der Waals surface area contributed by atoms with Crippen LogP contribution in [0.3, 0.4) is 0 Å². The molecule has 140 valence electrons. The number of hydrogen-bond donors (Lipinski definition) is 0. The summed E-state index contributed by atoms with van der Waals surface area (Å²) in [6, 6.07) is 0.320. The van der Waals surface area contributed by atoms with Crippen molar-refractivity contribution in [3.8, 4) is 0 Å². The molecule has 0 N–H and O–H groups in total. The number of rotatable bonds is 3. The molecule has 2 aromatic heterocycles. The van der Waals surface area contributed by atoms with E-state index in [1.165, 1.54) is 35.0 Å². The molecule has 0 unspecified atom stereocenters. The number of thiophene rings is 1. The van der Waals surface area contributed by atoms with Crippen LogP contribution in [0.4, 0.5) is 0 Å². The lowest BCUT2D eigenvalue weighted by molar-refractivity contribution is -0.131. The van der Waals surface area contributed by atoms with Crippen LogP contribution >= 0.6 is 23.1 Å². The molecule has 7 heteroatoms. The molecule has 1 atom stereocenters. The number of aryl methyl sites for hydroxylation is 2. The van der Waals surface area contributed by atoms with Gasteiger partial charge in [-0.3, -0.25) is 14.2 Å². The average Bonchev–Trinajstić information content (AvgIpc) is 3.02. The number of aromatic nitrogens is 2. The van der Waals surface area contributed by atoms with Gasteiger partial charge in [0, 0.05) is 24.5 Å². The van der Waals surface area contributed by atoms with E-state index in [1.54, 1.807) is 23.0 Å². The third-order valence-corrected chi connectivity index (χ3v) is 7.80. The third-order valence-electron chi connectivity index (χ3n) is 5.60. The maximum absolute atomic E-state index is 12.9. The molecule has 5 nitrogen and oxygen atoms in total. The molecule has 1 amide bonds. The molecule has 3 heterocycles. The van der Waals surface area contributed by atoms with Gasteiger partial charge < -0.3 is 4.90 Å². The summed E-state index contributed by atoms with van der Waals surface area (Å²) in [4.78, 5) is 34.4. The number of carbonyl (C=O) groups is 1. The van der Waals surface area contributed by atoms with E-state index in [1.807, 2.05) is 4.90 Å². The van der Waals surface area contributed by atoms with E-state index in [-0.39, 0.29) is 11.5 Å². The van der Waals surface area contributed by atoms with Gasteiger partial charge >= 0.3 is 0 Å². The van der Waals surface area contributed by atoms with Crippen LogP contribution in [0, 0.1) is 0 Å². The van der Waals surface area contributed by atoms with Gasteiger partial charge in [0.1, 0.15) is 4.83 Å². The van der Waals surface area contributed by atoms with Crippen molar-refractivity contribution >= 4 is 39.2 Å². The maximum Gasteiger partial charge on any atom is 0.262 e. The second kappa shape index (κ2) is 7.35. The molecule has 1 aliphatic heterocycles. The number of nitrogens with zero attached hydrogens (tertiary/aromatic N) is 3. The highest BCUT2D eigenvalue weighted by Gasteiger charge is 2.25. The van der Waals surface area contributed by atoms with E-state index >= 15 is 0 Å². The first-order valence-electron chi connectivity index (χ1n) is 9.50. The van der Waals surface area contributed by atoms with Crippen molar-refractivity contribution in [1.29, 1.82) is 0 Å². The van der Waals surface area contributed by atoms with Gasteiger partial charge in [-0.1, -0.05) is 11.8 Å². The summed E-state index contributed by atoms with van der Waals surface area (Å²) in [6.07, 6.45) is 7.78. The fourth-order valence-electron chi connectivity index (χ4n) is 4.07. The van der Waals surface area contributed by atoms with Crippen molar-refractivity contribution in [2.45, 2.75) is 63.1 Å². The van der Waals surface area contributed by atoms with Gasteiger partial charge in [-0.05, 0) is 57.4 Å². The molecule has 0 saturated carbocycles. The molecular formula is C19H25N3O2S2. The predicted molar refractivity (Wildman–Crippen MR) is 107 cm³/mol. The van der Waals surface area contributed by atoms with Gasteiger partial charge in [-0.15, -0.1) is 11.3 Å². The summed E-state index contributed by atoms with van der Waals surface area (Å²) in [5.41, 5.74) is 1.26. The second-order valence-electron chi connectivity index (χ2n) is 7.37. The van der Waals surface area contributed by atoms with E-state index in [0.29, 0.717) is 17.0 Å². The van der Waals surface area contributed by atoms with Gasteiger partial charge in [-0.2, -0.15) is 0 Å². The topological polar surface area (TPSA) is 55.2 Å². The first kappa shape index (κ1) is 18.0. The van der Waals surface area contributed by atoms with Crippen LogP contribution in [0.5, 0.6) is 0 Å². The summed E-state index contributed by atoms with van der Waals surface area (Å²) in [5.74, 6) is 0.503. The minimum absolute atomic E-state index is 0.0377. The number of thioether (sulfide) groups is 1. The van der Waals surface area contributed by atoms with Crippen molar-refractivity contribution in [2.75, 3.05) is 12.3 Å². The first-order chi connectivity index (χ1) is 12.6.